The van der Waals surface area contributed by atoms with E-state index in [1.165, 1.54) is 12.1 Å². The molecule has 0 radical (unpaired) electrons. The summed E-state index contributed by atoms with van der Waals surface area (Å²) in [4.78, 5) is 28.1. The molecule has 2 aliphatic heterocycles. The Hall–Kier alpha value is -2.98. The van der Waals surface area contributed by atoms with Crippen molar-refractivity contribution in [2.45, 2.75) is 31.0 Å². The van der Waals surface area contributed by atoms with Gasteiger partial charge in [0.05, 0.1) is 15.9 Å². The monoisotopic (exact) mass is 477 g/mol. The van der Waals surface area contributed by atoms with Gasteiger partial charge in [-0.2, -0.15) is 13.2 Å². The summed E-state index contributed by atoms with van der Waals surface area (Å²) in [7, 11) is 0. The molecule has 2 aliphatic rings. The molecule has 182 valence electrons. The molecule has 10 heteroatoms. The van der Waals surface area contributed by atoms with E-state index in [1.54, 1.807) is 23.1 Å². The molecule has 7 nitrogen and oxygen atoms in total. The van der Waals surface area contributed by atoms with Gasteiger partial charge < -0.3 is 9.64 Å². The number of piperazine rings is 1. The molecule has 0 aliphatic carbocycles. The number of carbonyl (C=O) groups excluding carboxylic acids is 1. The van der Waals surface area contributed by atoms with Gasteiger partial charge in [-0.1, -0.05) is 30.3 Å². The summed E-state index contributed by atoms with van der Waals surface area (Å²) in [6, 6.07) is 11.6. The molecule has 2 aromatic carbocycles. The number of hydrogen-bond acceptors (Lipinski definition) is 5. The molecular formula is C24H26F3N3O4. The SMILES string of the molecule is O=C(N1CCN(Cc2cccc([N+](=O)[O-])c2)CC1)C1(c2cccc(C(F)(F)F)c2)CCOCC1. The van der Waals surface area contributed by atoms with Crippen LogP contribution in [0.15, 0.2) is 48.5 Å². The molecule has 0 spiro atoms. The van der Waals surface area contributed by atoms with E-state index in [0.29, 0.717) is 64.3 Å². The van der Waals surface area contributed by atoms with Crippen LogP contribution in [0.1, 0.15) is 29.5 Å². The van der Waals surface area contributed by atoms with Gasteiger partial charge in [-0.05, 0) is 30.0 Å². The molecule has 0 saturated carbocycles. The third-order valence-corrected chi connectivity index (χ3v) is 6.69. The summed E-state index contributed by atoms with van der Waals surface area (Å²) in [5.41, 5.74) is -0.561. The van der Waals surface area contributed by atoms with Gasteiger partial charge in [0.25, 0.3) is 5.69 Å². The van der Waals surface area contributed by atoms with Crippen LogP contribution in [0, 0.1) is 10.1 Å². The number of benzene rings is 2. The average molecular weight is 477 g/mol. The standard InChI is InChI=1S/C24H26F3N3O4/c25-24(26,27)20-5-2-4-19(16-20)23(7-13-34-14-8-23)22(31)29-11-9-28(10-12-29)17-18-3-1-6-21(15-18)30(32)33/h1-6,15-16H,7-14,17H2. The van der Waals surface area contributed by atoms with Crippen LogP contribution in [0.25, 0.3) is 0 Å². The first kappa shape index (κ1) is 24.2. The smallest absolute Gasteiger partial charge is 0.381 e. The predicted octanol–water partition coefficient (Wildman–Crippen LogP) is 4.01. The highest BCUT2D eigenvalue weighted by Gasteiger charge is 2.45. The molecule has 4 rings (SSSR count). The van der Waals surface area contributed by atoms with Crippen molar-refractivity contribution in [2.75, 3.05) is 39.4 Å². The molecule has 0 unspecified atom stereocenters. The highest BCUT2D eigenvalue weighted by molar-refractivity contribution is 5.88. The Morgan fingerprint density at radius 1 is 1.03 bits per heavy atom. The summed E-state index contributed by atoms with van der Waals surface area (Å²) in [5, 5.41) is 11.0. The molecular weight excluding hydrogens is 451 g/mol. The number of carbonyl (C=O) groups is 1. The second kappa shape index (κ2) is 9.71. The molecule has 0 aromatic heterocycles. The van der Waals surface area contributed by atoms with Crippen LogP contribution in [-0.2, 0) is 27.7 Å². The highest BCUT2D eigenvalue weighted by atomic mass is 19.4. The molecule has 2 heterocycles. The maximum absolute atomic E-state index is 13.7. The molecule has 2 saturated heterocycles. The highest BCUT2D eigenvalue weighted by Crippen LogP contribution is 2.39. The Morgan fingerprint density at radius 3 is 2.35 bits per heavy atom. The Labute approximate surface area is 195 Å². The minimum absolute atomic E-state index is 0.0360. The molecule has 0 bridgehead atoms. The first-order valence-corrected chi connectivity index (χ1v) is 11.2. The summed E-state index contributed by atoms with van der Waals surface area (Å²) in [5.74, 6) is -0.162. The summed E-state index contributed by atoms with van der Waals surface area (Å²) in [6.07, 6.45) is -3.81. The fourth-order valence-electron chi connectivity index (χ4n) is 4.78. The van der Waals surface area contributed by atoms with Gasteiger partial charge in [0.2, 0.25) is 5.91 Å². The second-order valence-corrected chi connectivity index (χ2v) is 8.77. The third-order valence-electron chi connectivity index (χ3n) is 6.69. The van der Waals surface area contributed by atoms with Crippen LogP contribution in [0.5, 0.6) is 0 Å². The Bertz CT molecular complexity index is 1050. The van der Waals surface area contributed by atoms with Gasteiger partial charge in [-0.15, -0.1) is 0 Å². The Balaban J connectivity index is 1.48. The van der Waals surface area contributed by atoms with Crippen molar-refractivity contribution in [1.29, 1.82) is 0 Å². The second-order valence-electron chi connectivity index (χ2n) is 8.77. The van der Waals surface area contributed by atoms with E-state index < -0.39 is 22.1 Å². The quantitative estimate of drug-likeness (QED) is 0.481. The maximum atomic E-state index is 13.7. The van der Waals surface area contributed by atoms with Crippen LogP contribution >= 0.6 is 0 Å². The van der Waals surface area contributed by atoms with Crippen LogP contribution < -0.4 is 0 Å². The van der Waals surface area contributed by atoms with Gasteiger partial charge in [0, 0.05) is 58.1 Å². The van der Waals surface area contributed by atoms with Gasteiger partial charge >= 0.3 is 6.18 Å². The zero-order chi connectivity index (χ0) is 24.3. The van der Waals surface area contributed by atoms with E-state index in [2.05, 4.69) is 4.90 Å². The normalized spacial score (nSPS) is 19.1. The number of nitro groups is 1. The number of halogens is 3. The van der Waals surface area contributed by atoms with Crippen molar-refractivity contribution in [1.82, 2.24) is 9.80 Å². The van der Waals surface area contributed by atoms with Crippen LogP contribution in [0.3, 0.4) is 0 Å². The third kappa shape index (κ3) is 5.07. The molecule has 0 atom stereocenters. The first-order chi connectivity index (χ1) is 16.2. The summed E-state index contributed by atoms with van der Waals surface area (Å²) >= 11 is 0. The van der Waals surface area contributed by atoms with Crippen molar-refractivity contribution in [3.8, 4) is 0 Å². The summed E-state index contributed by atoms with van der Waals surface area (Å²) < 4.78 is 45.5. The number of non-ortho nitro benzene ring substituents is 1. The van der Waals surface area contributed by atoms with Crippen LogP contribution in [0.4, 0.5) is 18.9 Å². The van der Waals surface area contributed by atoms with E-state index in [0.717, 1.165) is 17.7 Å². The van der Waals surface area contributed by atoms with Gasteiger partial charge in [-0.3, -0.25) is 19.8 Å². The lowest BCUT2D eigenvalue weighted by atomic mass is 9.72. The fraction of sp³-hybridized carbons (Fsp3) is 0.458. The van der Waals surface area contributed by atoms with E-state index in [9.17, 15) is 28.1 Å². The number of hydrogen-bond donors (Lipinski definition) is 0. The lowest BCUT2D eigenvalue weighted by Gasteiger charge is -2.43. The van der Waals surface area contributed by atoms with Crippen molar-refractivity contribution in [3.63, 3.8) is 0 Å². The number of nitro benzene ring substituents is 1. The molecule has 0 N–H and O–H groups in total. The Morgan fingerprint density at radius 2 is 1.71 bits per heavy atom. The number of nitrogens with zero attached hydrogens (tertiary/aromatic N) is 3. The zero-order valence-electron chi connectivity index (χ0n) is 18.6. The molecule has 2 aromatic rings. The zero-order valence-corrected chi connectivity index (χ0v) is 18.6. The minimum atomic E-state index is -4.48. The van der Waals surface area contributed by atoms with Crippen LogP contribution in [0.2, 0.25) is 0 Å². The lowest BCUT2D eigenvalue weighted by molar-refractivity contribution is -0.384. The van der Waals surface area contributed by atoms with Gasteiger partial charge in [-0.25, -0.2) is 0 Å². The van der Waals surface area contributed by atoms with Gasteiger partial charge in [0.1, 0.15) is 0 Å². The fourth-order valence-corrected chi connectivity index (χ4v) is 4.78. The first-order valence-electron chi connectivity index (χ1n) is 11.2. The predicted molar refractivity (Wildman–Crippen MR) is 118 cm³/mol. The summed E-state index contributed by atoms with van der Waals surface area (Å²) in [6.45, 7) is 3.18. The minimum Gasteiger partial charge on any atom is -0.381 e. The van der Waals surface area contributed by atoms with E-state index >= 15 is 0 Å². The van der Waals surface area contributed by atoms with Crippen molar-refractivity contribution in [3.05, 3.63) is 75.3 Å². The molecule has 34 heavy (non-hydrogen) atoms. The largest absolute Gasteiger partial charge is 0.416 e. The van der Waals surface area contributed by atoms with E-state index in [4.69, 9.17) is 4.74 Å². The Kier molecular flexibility index (Phi) is 6.90. The van der Waals surface area contributed by atoms with Crippen molar-refractivity contribution >= 4 is 11.6 Å². The number of ether oxygens (including phenoxy) is 1. The molecule has 2 fully saturated rings. The topological polar surface area (TPSA) is 75.9 Å². The van der Waals surface area contributed by atoms with E-state index in [1.807, 2.05) is 6.07 Å². The maximum Gasteiger partial charge on any atom is 0.416 e. The number of alkyl halides is 3. The van der Waals surface area contributed by atoms with Crippen molar-refractivity contribution < 1.29 is 27.6 Å². The van der Waals surface area contributed by atoms with Gasteiger partial charge in [0.15, 0.2) is 0 Å². The average Bonchev–Trinajstić information content (AvgIpc) is 2.84. The number of rotatable bonds is 5. The number of amides is 1. The molecule has 1 amide bonds. The van der Waals surface area contributed by atoms with E-state index in [-0.39, 0.29) is 11.6 Å². The van der Waals surface area contributed by atoms with Crippen molar-refractivity contribution in [2.24, 2.45) is 0 Å². The lowest BCUT2D eigenvalue weighted by Crippen LogP contribution is -2.55. The van der Waals surface area contributed by atoms with Crippen LogP contribution in [-0.4, -0.2) is 60.0 Å².